The van der Waals surface area contributed by atoms with Crippen LogP contribution in [-0.2, 0) is 4.74 Å². The molecule has 0 bridgehead atoms. The van der Waals surface area contributed by atoms with E-state index in [1.54, 1.807) is 36.9 Å². The molecule has 1 aliphatic heterocycles. The highest BCUT2D eigenvalue weighted by atomic mass is 16.5. The summed E-state index contributed by atoms with van der Waals surface area (Å²) in [5.41, 5.74) is 1.84. The van der Waals surface area contributed by atoms with E-state index in [1.807, 2.05) is 13.8 Å². The number of fused-ring (bicyclic) bond motifs is 1. The maximum Gasteiger partial charge on any atom is 0.323 e. The molecule has 4 rings (SSSR count). The summed E-state index contributed by atoms with van der Waals surface area (Å²) in [5.74, 6) is 1.43. The van der Waals surface area contributed by atoms with Gasteiger partial charge in [-0.25, -0.2) is 4.79 Å². The smallest absolute Gasteiger partial charge is 0.323 e. The van der Waals surface area contributed by atoms with Crippen LogP contribution in [0.1, 0.15) is 93.9 Å². The van der Waals surface area contributed by atoms with Gasteiger partial charge in [0.05, 0.1) is 30.4 Å². The number of hydrogen-bond donors (Lipinski definition) is 3. The first-order valence-corrected chi connectivity index (χ1v) is 17.1. The van der Waals surface area contributed by atoms with Gasteiger partial charge in [0.25, 0.3) is 5.91 Å². The highest BCUT2D eigenvalue weighted by Crippen LogP contribution is 2.29. The Balaban J connectivity index is 1.57. The number of aryl methyl sites for hydroxylation is 2. The zero-order chi connectivity index (χ0) is 33.2. The second-order valence-electron chi connectivity index (χ2n) is 13.5. The van der Waals surface area contributed by atoms with Gasteiger partial charge in [-0.2, -0.15) is 0 Å². The lowest BCUT2D eigenvalue weighted by Crippen LogP contribution is -2.47. The van der Waals surface area contributed by atoms with Crippen molar-refractivity contribution in [1.29, 1.82) is 0 Å². The number of benzene rings is 1. The first-order valence-electron chi connectivity index (χ1n) is 17.1. The molecule has 1 aliphatic carbocycles. The Kier molecular flexibility index (Phi) is 13.3. The van der Waals surface area contributed by atoms with Gasteiger partial charge < -0.3 is 39.5 Å². The van der Waals surface area contributed by atoms with Crippen molar-refractivity contribution in [3.05, 3.63) is 35.2 Å². The fraction of sp³-hybridized carbons (Fsp3) is 0.686. The van der Waals surface area contributed by atoms with E-state index in [0.29, 0.717) is 47.3 Å². The monoisotopic (exact) mass is 641 g/mol. The molecule has 3 amide bonds. The van der Waals surface area contributed by atoms with E-state index < -0.39 is 12.1 Å². The number of urea groups is 1. The van der Waals surface area contributed by atoms with Crippen LogP contribution in [0.2, 0.25) is 0 Å². The number of amides is 3. The van der Waals surface area contributed by atoms with Crippen molar-refractivity contribution in [1.82, 2.24) is 15.0 Å². The highest BCUT2D eigenvalue weighted by Gasteiger charge is 2.31. The molecule has 3 N–H and O–H groups in total. The number of nitrogens with one attached hydrogen (secondary N) is 2. The molecule has 1 aromatic carbocycles. The summed E-state index contributed by atoms with van der Waals surface area (Å²) in [6, 6.07) is 4.19. The van der Waals surface area contributed by atoms with E-state index in [-0.39, 0.29) is 30.6 Å². The normalized spacial score (nSPS) is 22.9. The molecule has 2 aromatic rings. The molecule has 11 nitrogen and oxygen atoms in total. The molecular formula is C35H55N5O6. The number of nitrogens with zero attached hydrogens (tertiary/aromatic N) is 3. The first kappa shape index (κ1) is 35.7. The van der Waals surface area contributed by atoms with Crippen molar-refractivity contribution >= 4 is 23.3 Å². The minimum atomic E-state index is -0.483. The molecular weight excluding hydrogens is 586 g/mol. The number of carbonyl (C=O) groups excluding carboxylic acids is 2. The summed E-state index contributed by atoms with van der Waals surface area (Å²) in [7, 11) is 2.18. The number of anilines is 2. The number of aromatic nitrogens is 1. The molecule has 0 radical (unpaired) electrons. The van der Waals surface area contributed by atoms with Gasteiger partial charge in [-0.1, -0.05) is 31.3 Å². The van der Waals surface area contributed by atoms with E-state index in [9.17, 15) is 14.7 Å². The van der Waals surface area contributed by atoms with E-state index in [4.69, 9.17) is 14.0 Å². The fourth-order valence-corrected chi connectivity index (χ4v) is 6.59. The van der Waals surface area contributed by atoms with Gasteiger partial charge in [0.15, 0.2) is 5.76 Å². The zero-order valence-electron chi connectivity index (χ0n) is 28.6. The second-order valence-corrected chi connectivity index (χ2v) is 13.5. The van der Waals surface area contributed by atoms with Gasteiger partial charge >= 0.3 is 6.03 Å². The van der Waals surface area contributed by atoms with Crippen LogP contribution in [0.25, 0.3) is 0 Å². The van der Waals surface area contributed by atoms with Gasteiger partial charge in [-0.3, -0.25) is 4.79 Å². The van der Waals surface area contributed by atoms with Crippen LogP contribution in [0, 0.1) is 25.7 Å². The topological polar surface area (TPSA) is 129 Å². The maximum absolute atomic E-state index is 14.4. The molecule has 11 heteroatoms. The van der Waals surface area contributed by atoms with Crippen molar-refractivity contribution in [2.24, 2.45) is 11.8 Å². The summed E-state index contributed by atoms with van der Waals surface area (Å²) in [6.45, 7) is 12.2. The third kappa shape index (κ3) is 9.92. The van der Waals surface area contributed by atoms with Crippen LogP contribution in [0.4, 0.5) is 16.2 Å². The Morgan fingerprint density at radius 2 is 1.83 bits per heavy atom. The molecule has 1 saturated carbocycles. The van der Waals surface area contributed by atoms with Crippen LogP contribution < -0.4 is 15.4 Å². The number of ether oxygens (including phenoxy) is 2. The average molecular weight is 642 g/mol. The number of likely N-dealkylation sites (N-methyl/N-ethyl adjacent to an activating group) is 1. The molecule has 0 saturated heterocycles. The second kappa shape index (κ2) is 17.1. The lowest BCUT2D eigenvalue weighted by atomic mass is 9.89. The number of aliphatic hydroxyl groups is 1. The molecule has 46 heavy (non-hydrogen) atoms. The SMILES string of the molecule is Cc1noc(C)c1NC(=O)Nc1ccc2c(c1)C(=O)N([C@H](C)CO)C[C@@H](C)[C@@H](CN(C)CC1CCCCC1)OCCCC[C@@H](C)O2. The number of rotatable bonds is 8. The molecule has 2 aliphatic rings. The van der Waals surface area contributed by atoms with Gasteiger partial charge in [0.2, 0.25) is 0 Å². The van der Waals surface area contributed by atoms with E-state index in [1.165, 1.54) is 32.1 Å². The van der Waals surface area contributed by atoms with Crippen molar-refractivity contribution in [3.63, 3.8) is 0 Å². The summed E-state index contributed by atoms with van der Waals surface area (Å²) in [4.78, 5) is 31.4. The Bertz CT molecular complexity index is 1260. The fourth-order valence-electron chi connectivity index (χ4n) is 6.59. The molecule has 2 heterocycles. The Labute approximate surface area is 274 Å². The summed E-state index contributed by atoms with van der Waals surface area (Å²) >= 11 is 0. The zero-order valence-corrected chi connectivity index (χ0v) is 28.6. The minimum Gasteiger partial charge on any atom is -0.490 e. The first-order chi connectivity index (χ1) is 22.0. The third-order valence-electron chi connectivity index (χ3n) is 9.37. The summed E-state index contributed by atoms with van der Waals surface area (Å²) in [6.07, 6.45) is 9.05. The molecule has 0 unspecified atom stereocenters. The quantitative estimate of drug-likeness (QED) is 0.309. The van der Waals surface area contributed by atoms with Gasteiger partial charge in [0.1, 0.15) is 17.1 Å². The molecule has 0 spiro atoms. The Morgan fingerprint density at radius 1 is 1.09 bits per heavy atom. The van der Waals surface area contributed by atoms with Gasteiger partial charge in [-0.05, 0) is 91.0 Å². The van der Waals surface area contributed by atoms with Crippen LogP contribution in [0.5, 0.6) is 5.75 Å². The van der Waals surface area contributed by atoms with Crippen LogP contribution in [0.15, 0.2) is 22.7 Å². The lowest BCUT2D eigenvalue weighted by Gasteiger charge is -2.36. The molecule has 1 fully saturated rings. The van der Waals surface area contributed by atoms with Crippen molar-refractivity contribution in [3.8, 4) is 5.75 Å². The summed E-state index contributed by atoms with van der Waals surface area (Å²) < 4.78 is 18.0. The minimum absolute atomic E-state index is 0.0140. The number of hydrogen-bond acceptors (Lipinski definition) is 8. The van der Waals surface area contributed by atoms with Gasteiger partial charge in [0, 0.05) is 37.8 Å². The number of carbonyl (C=O) groups is 2. The van der Waals surface area contributed by atoms with E-state index in [0.717, 1.165) is 38.3 Å². The highest BCUT2D eigenvalue weighted by molar-refractivity contribution is 6.03. The van der Waals surface area contributed by atoms with E-state index >= 15 is 0 Å². The Morgan fingerprint density at radius 3 is 2.52 bits per heavy atom. The van der Waals surface area contributed by atoms with E-state index in [2.05, 4.69) is 34.7 Å². The third-order valence-corrected chi connectivity index (χ3v) is 9.37. The number of aliphatic hydroxyl groups excluding tert-OH is 1. The average Bonchev–Trinajstić information content (AvgIpc) is 3.34. The van der Waals surface area contributed by atoms with Crippen LogP contribution >= 0.6 is 0 Å². The standard InChI is InChI=1S/C35H55N5O6/c1-23-19-40(24(2)22-41)34(42)30-18-29(36-35(43)37-33-26(4)38-46-27(33)5)15-16-31(30)45-25(3)12-10-11-17-44-32(23)21-39(6)20-28-13-8-7-9-14-28/h15-16,18,23-25,28,32,41H,7-14,17,19-22H2,1-6H3,(H2,36,37,43)/t23-,24-,25-,32-/m1/s1. The molecule has 256 valence electrons. The molecule has 4 atom stereocenters. The van der Waals surface area contributed by atoms with Crippen molar-refractivity contribution in [2.45, 2.75) is 104 Å². The Hall–Kier alpha value is -3.15. The predicted octanol–water partition coefficient (Wildman–Crippen LogP) is 6.24. The van der Waals surface area contributed by atoms with Crippen LogP contribution in [0.3, 0.4) is 0 Å². The largest absolute Gasteiger partial charge is 0.490 e. The van der Waals surface area contributed by atoms with Crippen molar-refractivity contribution < 1.29 is 28.7 Å². The van der Waals surface area contributed by atoms with Crippen LogP contribution in [-0.4, -0.2) is 90.1 Å². The predicted molar refractivity (Wildman–Crippen MR) is 180 cm³/mol. The van der Waals surface area contributed by atoms with Crippen molar-refractivity contribution in [2.75, 3.05) is 50.5 Å². The van der Waals surface area contributed by atoms with Gasteiger partial charge in [-0.15, -0.1) is 0 Å². The summed E-state index contributed by atoms with van der Waals surface area (Å²) in [5, 5.41) is 19.7. The lowest BCUT2D eigenvalue weighted by molar-refractivity contribution is -0.0190. The molecule has 1 aromatic heterocycles. The maximum atomic E-state index is 14.4.